The minimum Gasteiger partial charge on any atom is -0.396 e. The zero-order chi connectivity index (χ0) is 12.8. The Balaban J connectivity index is 1.81. The summed E-state index contributed by atoms with van der Waals surface area (Å²) < 4.78 is 0. The van der Waals surface area contributed by atoms with Gasteiger partial charge in [-0.1, -0.05) is 30.3 Å². The highest BCUT2D eigenvalue weighted by atomic mass is 16.3. The van der Waals surface area contributed by atoms with Crippen molar-refractivity contribution in [2.45, 2.75) is 31.8 Å². The fraction of sp³-hybridized carbons (Fsp3) is 0.600. The highest BCUT2D eigenvalue weighted by molar-refractivity contribution is 5.18. The van der Waals surface area contributed by atoms with Gasteiger partial charge in [-0.2, -0.15) is 0 Å². The predicted molar refractivity (Wildman–Crippen MR) is 74.5 cm³/mol. The van der Waals surface area contributed by atoms with E-state index in [4.69, 9.17) is 5.11 Å². The van der Waals surface area contributed by atoms with Crippen LogP contribution in [0.4, 0.5) is 0 Å². The number of aliphatic hydroxyl groups excluding tert-OH is 1. The van der Waals surface area contributed by atoms with E-state index in [1.165, 1.54) is 12.0 Å². The Morgan fingerprint density at radius 3 is 2.89 bits per heavy atom. The topological polar surface area (TPSA) is 35.5 Å². The molecule has 2 unspecified atom stereocenters. The first kappa shape index (κ1) is 13.5. The minimum absolute atomic E-state index is 0.282. The van der Waals surface area contributed by atoms with E-state index < -0.39 is 0 Å². The lowest BCUT2D eigenvalue weighted by Gasteiger charge is -2.24. The smallest absolute Gasteiger partial charge is 0.0443 e. The summed E-state index contributed by atoms with van der Waals surface area (Å²) >= 11 is 0. The molecule has 0 radical (unpaired) electrons. The molecule has 2 N–H and O–H groups in total. The van der Waals surface area contributed by atoms with Gasteiger partial charge in [-0.25, -0.2) is 0 Å². The standard InChI is InChI=1S/C15H24N2O/c1-13(14-6-3-2-4-7-14)17-10-8-15(12-17)16-9-5-11-18/h2-4,6-7,13,15-16,18H,5,8-12H2,1H3. The third-order valence-electron chi connectivity index (χ3n) is 3.82. The monoisotopic (exact) mass is 248 g/mol. The van der Waals surface area contributed by atoms with E-state index in [0.29, 0.717) is 12.1 Å². The predicted octanol–water partition coefficient (Wildman–Crippen LogP) is 1.79. The van der Waals surface area contributed by atoms with Gasteiger partial charge in [0.05, 0.1) is 0 Å². The van der Waals surface area contributed by atoms with E-state index in [1.54, 1.807) is 0 Å². The molecule has 1 aliphatic rings. The zero-order valence-corrected chi connectivity index (χ0v) is 11.2. The number of hydrogen-bond acceptors (Lipinski definition) is 3. The Bertz CT molecular complexity index is 342. The van der Waals surface area contributed by atoms with Crippen molar-refractivity contribution < 1.29 is 5.11 Å². The molecule has 100 valence electrons. The van der Waals surface area contributed by atoms with Crippen LogP contribution in [0, 0.1) is 0 Å². The average Bonchev–Trinajstić information content (AvgIpc) is 2.88. The first-order valence-corrected chi connectivity index (χ1v) is 6.94. The van der Waals surface area contributed by atoms with E-state index in [0.717, 1.165) is 26.1 Å². The Hall–Kier alpha value is -0.900. The van der Waals surface area contributed by atoms with Gasteiger partial charge in [-0.05, 0) is 31.9 Å². The summed E-state index contributed by atoms with van der Waals surface area (Å²) in [6, 6.07) is 11.8. The van der Waals surface area contributed by atoms with Gasteiger partial charge in [-0.15, -0.1) is 0 Å². The number of nitrogens with zero attached hydrogens (tertiary/aromatic N) is 1. The number of nitrogens with one attached hydrogen (secondary N) is 1. The molecule has 3 heteroatoms. The molecule has 1 aliphatic heterocycles. The lowest BCUT2D eigenvalue weighted by atomic mass is 10.1. The SMILES string of the molecule is CC(c1ccccc1)N1CCC(NCCCO)C1. The lowest BCUT2D eigenvalue weighted by Crippen LogP contribution is -2.34. The second kappa shape index (κ2) is 6.88. The van der Waals surface area contributed by atoms with Crippen LogP contribution in [-0.4, -0.2) is 42.3 Å². The molecule has 0 aromatic heterocycles. The average molecular weight is 248 g/mol. The first-order valence-electron chi connectivity index (χ1n) is 6.94. The number of benzene rings is 1. The largest absolute Gasteiger partial charge is 0.396 e. The third-order valence-corrected chi connectivity index (χ3v) is 3.82. The van der Waals surface area contributed by atoms with E-state index in [9.17, 15) is 0 Å². The van der Waals surface area contributed by atoms with Crippen LogP contribution in [0.5, 0.6) is 0 Å². The van der Waals surface area contributed by atoms with Gasteiger partial charge < -0.3 is 10.4 Å². The van der Waals surface area contributed by atoms with E-state index in [-0.39, 0.29) is 6.61 Å². The third kappa shape index (κ3) is 3.55. The van der Waals surface area contributed by atoms with Crippen molar-refractivity contribution in [3.05, 3.63) is 35.9 Å². The van der Waals surface area contributed by atoms with Crippen LogP contribution in [0.15, 0.2) is 30.3 Å². The van der Waals surface area contributed by atoms with Gasteiger partial charge >= 0.3 is 0 Å². The van der Waals surface area contributed by atoms with Gasteiger partial charge in [0.15, 0.2) is 0 Å². The normalized spacial score (nSPS) is 22.2. The molecule has 0 spiro atoms. The minimum atomic E-state index is 0.282. The van der Waals surface area contributed by atoms with Gasteiger partial charge in [0.25, 0.3) is 0 Å². The molecule has 1 heterocycles. The highest BCUT2D eigenvalue weighted by Crippen LogP contribution is 2.24. The maximum atomic E-state index is 8.78. The van der Waals surface area contributed by atoms with Crippen LogP contribution in [0.1, 0.15) is 31.4 Å². The van der Waals surface area contributed by atoms with E-state index >= 15 is 0 Å². The van der Waals surface area contributed by atoms with Gasteiger partial charge in [0, 0.05) is 31.8 Å². The van der Waals surface area contributed by atoms with Crippen molar-refractivity contribution in [2.24, 2.45) is 0 Å². The van der Waals surface area contributed by atoms with Crippen molar-refractivity contribution >= 4 is 0 Å². The van der Waals surface area contributed by atoms with Gasteiger partial charge in [-0.3, -0.25) is 4.90 Å². The first-order chi connectivity index (χ1) is 8.81. The van der Waals surface area contributed by atoms with E-state index in [1.807, 2.05) is 0 Å². The molecule has 0 bridgehead atoms. The molecular formula is C15H24N2O. The van der Waals surface area contributed by atoms with Crippen LogP contribution in [0.2, 0.25) is 0 Å². The number of rotatable bonds is 6. The summed E-state index contributed by atoms with van der Waals surface area (Å²) in [5.74, 6) is 0. The maximum Gasteiger partial charge on any atom is 0.0443 e. The number of hydrogen-bond donors (Lipinski definition) is 2. The Labute approximate surface area is 110 Å². The molecule has 1 aromatic carbocycles. The molecule has 2 atom stereocenters. The summed E-state index contributed by atoms with van der Waals surface area (Å²) in [5, 5.41) is 12.3. The van der Waals surface area contributed by atoms with Crippen LogP contribution in [-0.2, 0) is 0 Å². The maximum absolute atomic E-state index is 8.78. The van der Waals surface area contributed by atoms with Crippen LogP contribution in [0.25, 0.3) is 0 Å². The Kier molecular flexibility index (Phi) is 5.17. The second-order valence-corrected chi connectivity index (χ2v) is 5.10. The summed E-state index contributed by atoms with van der Waals surface area (Å²) in [6.07, 6.45) is 2.06. The zero-order valence-electron chi connectivity index (χ0n) is 11.2. The van der Waals surface area contributed by atoms with Crippen LogP contribution < -0.4 is 5.32 Å². The molecule has 1 fully saturated rings. The molecule has 1 saturated heterocycles. The summed E-state index contributed by atoms with van der Waals surface area (Å²) in [4.78, 5) is 2.53. The quantitative estimate of drug-likeness (QED) is 0.754. The highest BCUT2D eigenvalue weighted by Gasteiger charge is 2.25. The van der Waals surface area contributed by atoms with E-state index in [2.05, 4.69) is 47.5 Å². The molecular weight excluding hydrogens is 224 g/mol. The fourth-order valence-corrected chi connectivity index (χ4v) is 2.63. The molecule has 0 saturated carbocycles. The van der Waals surface area contributed by atoms with Gasteiger partial charge in [0.1, 0.15) is 0 Å². The molecule has 1 aromatic rings. The van der Waals surface area contributed by atoms with Crippen LogP contribution >= 0.6 is 0 Å². The molecule has 3 nitrogen and oxygen atoms in total. The van der Waals surface area contributed by atoms with Crippen molar-refractivity contribution in [3.63, 3.8) is 0 Å². The van der Waals surface area contributed by atoms with Crippen molar-refractivity contribution in [1.82, 2.24) is 10.2 Å². The number of aliphatic hydroxyl groups is 1. The molecule has 18 heavy (non-hydrogen) atoms. The molecule has 2 rings (SSSR count). The van der Waals surface area contributed by atoms with Gasteiger partial charge in [0.2, 0.25) is 0 Å². The Morgan fingerprint density at radius 1 is 1.39 bits per heavy atom. The van der Waals surface area contributed by atoms with Crippen LogP contribution in [0.3, 0.4) is 0 Å². The van der Waals surface area contributed by atoms with Crippen molar-refractivity contribution in [1.29, 1.82) is 0 Å². The Morgan fingerprint density at radius 2 is 2.17 bits per heavy atom. The second-order valence-electron chi connectivity index (χ2n) is 5.10. The summed E-state index contributed by atoms with van der Waals surface area (Å²) in [7, 11) is 0. The lowest BCUT2D eigenvalue weighted by molar-refractivity contribution is 0.253. The summed E-state index contributed by atoms with van der Waals surface area (Å²) in [6.45, 7) is 5.76. The summed E-state index contributed by atoms with van der Waals surface area (Å²) in [5.41, 5.74) is 1.40. The number of likely N-dealkylation sites (tertiary alicyclic amines) is 1. The molecule has 0 amide bonds. The fourth-order valence-electron chi connectivity index (χ4n) is 2.63. The van der Waals surface area contributed by atoms with Crippen molar-refractivity contribution in [2.75, 3.05) is 26.2 Å². The van der Waals surface area contributed by atoms with Crippen molar-refractivity contribution in [3.8, 4) is 0 Å². The molecule has 0 aliphatic carbocycles.